The molecule has 5 nitrogen and oxygen atoms in total. The Labute approximate surface area is 104 Å². The van der Waals surface area contributed by atoms with E-state index in [-0.39, 0.29) is 12.3 Å². The molecule has 1 aromatic carbocycles. The van der Waals surface area contributed by atoms with Gasteiger partial charge in [0.15, 0.2) is 0 Å². The average molecular weight is 257 g/mol. The summed E-state index contributed by atoms with van der Waals surface area (Å²) in [6.07, 6.45) is 0.190. The predicted molar refractivity (Wildman–Crippen MR) is 63.5 cm³/mol. The number of hydrogen-bond acceptors (Lipinski definition) is 3. The van der Waals surface area contributed by atoms with Gasteiger partial charge >= 0.3 is 5.97 Å². The second-order valence-electron chi connectivity index (χ2n) is 3.51. The molecule has 0 aliphatic heterocycles. The fourth-order valence-corrected chi connectivity index (χ4v) is 1.49. The molecule has 0 fully saturated rings. The van der Waals surface area contributed by atoms with E-state index in [0.717, 1.165) is 0 Å². The van der Waals surface area contributed by atoms with Gasteiger partial charge in [0.05, 0.1) is 0 Å². The fraction of sp³-hybridized carbons (Fsp3) is 0.273. The van der Waals surface area contributed by atoms with E-state index >= 15 is 0 Å². The minimum atomic E-state index is -1.06. The summed E-state index contributed by atoms with van der Waals surface area (Å²) < 4.78 is 0. The molecule has 6 heteroatoms. The van der Waals surface area contributed by atoms with E-state index in [1.54, 1.807) is 24.3 Å². The van der Waals surface area contributed by atoms with Crippen LogP contribution in [0.2, 0.25) is 5.02 Å². The molecular formula is C11H13ClN2O3. The zero-order chi connectivity index (χ0) is 12.8. The first-order valence-corrected chi connectivity index (χ1v) is 5.37. The van der Waals surface area contributed by atoms with Crippen molar-refractivity contribution in [1.29, 1.82) is 0 Å². The number of hydrazine groups is 1. The molecule has 0 bridgehead atoms. The van der Waals surface area contributed by atoms with Crippen molar-refractivity contribution >= 4 is 23.5 Å². The number of benzene rings is 1. The van der Waals surface area contributed by atoms with Crippen molar-refractivity contribution in [2.75, 3.05) is 0 Å². The lowest BCUT2D eigenvalue weighted by Crippen LogP contribution is -2.48. The molecule has 0 heterocycles. The number of carbonyl (C=O) groups excluding carboxylic acids is 1. The third kappa shape index (κ3) is 4.42. The lowest BCUT2D eigenvalue weighted by Gasteiger charge is -2.15. The summed E-state index contributed by atoms with van der Waals surface area (Å²) in [6.45, 7) is 1.29. The molecule has 0 spiro atoms. The van der Waals surface area contributed by atoms with Gasteiger partial charge in [-0.1, -0.05) is 29.8 Å². The molecule has 1 rings (SSSR count). The summed E-state index contributed by atoms with van der Waals surface area (Å²) in [5, 5.41) is 9.48. The lowest BCUT2D eigenvalue weighted by molar-refractivity contribution is -0.140. The van der Waals surface area contributed by atoms with Crippen molar-refractivity contribution in [3.05, 3.63) is 34.9 Å². The largest absolute Gasteiger partial charge is 0.480 e. The van der Waals surface area contributed by atoms with Gasteiger partial charge in [0.1, 0.15) is 6.04 Å². The molecule has 0 radical (unpaired) electrons. The van der Waals surface area contributed by atoms with E-state index in [4.69, 9.17) is 16.7 Å². The Hall–Kier alpha value is -1.59. The molecule has 17 heavy (non-hydrogen) atoms. The van der Waals surface area contributed by atoms with Crippen molar-refractivity contribution in [2.24, 2.45) is 0 Å². The molecule has 0 aromatic heterocycles. The number of aliphatic carboxylic acids is 1. The number of carboxylic acid groups (broad SMARTS) is 1. The maximum atomic E-state index is 11.0. The highest BCUT2D eigenvalue weighted by atomic mass is 35.5. The van der Waals surface area contributed by atoms with Crippen molar-refractivity contribution in [3.63, 3.8) is 0 Å². The van der Waals surface area contributed by atoms with Crippen molar-refractivity contribution < 1.29 is 14.7 Å². The second kappa shape index (κ2) is 6.22. The van der Waals surface area contributed by atoms with Crippen molar-refractivity contribution in [1.82, 2.24) is 10.9 Å². The third-order valence-electron chi connectivity index (χ3n) is 2.10. The number of carboxylic acids is 1. The summed E-state index contributed by atoms with van der Waals surface area (Å²) in [4.78, 5) is 21.7. The van der Waals surface area contributed by atoms with Gasteiger partial charge in [-0.25, -0.2) is 5.43 Å². The van der Waals surface area contributed by atoms with Crippen LogP contribution in [0.3, 0.4) is 0 Å². The van der Waals surface area contributed by atoms with Crippen LogP contribution in [0.25, 0.3) is 0 Å². The van der Waals surface area contributed by atoms with Crippen LogP contribution in [0.4, 0.5) is 0 Å². The van der Waals surface area contributed by atoms with Gasteiger partial charge in [-0.2, -0.15) is 0 Å². The Bertz CT molecular complexity index is 423. The van der Waals surface area contributed by atoms with E-state index < -0.39 is 12.0 Å². The maximum Gasteiger partial charge on any atom is 0.322 e. The number of halogens is 1. The van der Waals surface area contributed by atoms with Gasteiger partial charge in [0.2, 0.25) is 5.91 Å². The summed E-state index contributed by atoms with van der Waals surface area (Å²) in [5.74, 6) is -1.41. The van der Waals surface area contributed by atoms with Crippen LogP contribution < -0.4 is 10.9 Å². The van der Waals surface area contributed by atoms with Gasteiger partial charge in [-0.05, 0) is 11.6 Å². The Morgan fingerprint density at radius 1 is 1.41 bits per heavy atom. The molecular weight excluding hydrogens is 244 g/mol. The highest BCUT2D eigenvalue weighted by Crippen LogP contribution is 2.16. The number of hydrogen-bond donors (Lipinski definition) is 3. The number of amides is 1. The van der Waals surface area contributed by atoms with E-state index in [1.165, 1.54) is 6.92 Å². The van der Waals surface area contributed by atoms with E-state index in [1.807, 2.05) is 0 Å². The molecule has 92 valence electrons. The Morgan fingerprint density at radius 2 is 2.06 bits per heavy atom. The first kappa shape index (κ1) is 13.5. The first-order valence-electron chi connectivity index (χ1n) is 4.99. The zero-order valence-corrected chi connectivity index (χ0v) is 9.99. The molecule has 3 N–H and O–H groups in total. The predicted octanol–water partition coefficient (Wildman–Crippen LogP) is 0.976. The van der Waals surface area contributed by atoms with Crippen LogP contribution in [0.1, 0.15) is 12.5 Å². The highest BCUT2D eigenvalue weighted by Gasteiger charge is 2.18. The smallest absolute Gasteiger partial charge is 0.322 e. The van der Waals surface area contributed by atoms with Gasteiger partial charge in [0, 0.05) is 18.4 Å². The third-order valence-corrected chi connectivity index (χ3v) is 2.47. The number of nitrogens with one attached hydrogen (secondary N) is 2. The molecule has 1 amide bonds. The quantitative estimate of drug-likeness (QED) is 0.686. The van der Waals surface area contributed by atoms with Gasteiger partial charge < -0.3 is 5.11 Å². The van der Waals surface area contributed by atoms with Crippen LogP contribution in [0, 0.1) is 0 Å². The van der Waals surface area contributed by atoms with Gasteiger partial charge in [0.25, 0.3) is 0 Å². The van der Waals surface area contributed by atoms with Crippen LogP contribution in [0.5, 0.6) is 0 Å². The number of carbonyl (C=O) groups is 2. The summed E-state index contributed by atoms with van der Waals surface area (Å²) in [5.41, 5.74) is 5.40. The second-order valence-corrected chi connectivity index (χ2v) is 3.92. The lowest BCUT2D eigenvalue weighted by atomic mass is 10.1. The normalized spacial score (nSPS) is 11.9. The SMILES string of the molecule is CC(=O)NN[C@H](Cc1ccccc1Cl)C(=O)O. The zero-order valence-electron chi connectivity index (χ0n) is 9.24. The Kier molecular flexibility index (Phi) is 4.93. The Balaban J connectivity index is 2.70. The minimum Gasteiger partial charge on any atom is -0.480 e. The molecule has 0 aliphatic carbocycles. The molecule has 0 saturated heterocycles. The maximum absolute atomic E-state index is 11.0. The summed E-state index contributed by atoms with van der Waals surface area (Å²) in [7, 11) is 0. The van der Waals surface area contributed by atoms with E-state index in [0.29, 0.717) is 10.6 Å². The van der Waals surface area contributed by atoms with E-state index in [9.17, 15) is 9.59 Å². The fourth-order valence-electron chi connectivity index (χ4n) is 1.27. The summed E-state index contributed by atoms with van der Waals surface area (Å²) in [6, 6.07) is 6.06. The molecule has 0 unspecified atom stereocenters. The highest BCUT2D eigenvalue weighted by molar-refractivity contribution is 6.31. The van der Waals surface area contributed by atoms with Crippen LogP contribution in [-0.2, 0) is 16.0 Å². The van der Waals surface area contributed by atoms with Crippen molar-refractivity contribution in [3.8, 4) is 0 Å². The van der Waals surface area contributed by atoms with E-state index in [2.05, 4.69) is 10.9 Å². The van der Waals surface area contributed by atoms with Crippen molar-refractivity contribution in [2.45, 2.75) is 19.4 Å². The minimum absolute atomic E-state index is 0.190. The van der Waals surface area contributed by atoms with Crippen LogP contribution in [0.15, 0.2) is 24.3 Å². The average Bonchev–Trinajstić information content (AvgIpc) is 2.25. The monoisotopic (exact) mass is 256 g/mol. The standard InChI is InChI=1S/C11H13ClN2O3/c1-7(15)13-14-10(11(16)17)6-8-4-2-3-5-9(8)12/h2-5,10,14H,6H2,1H3,(H,13,15)(H,16,17)/t10-/m1/s1. The number of rotatable bonds is 5. The molecule has 1 aromatic rings. The summed E-state index contributed by atoms with van der Waals surface area (Å²) >= 11 is 5.93. The topological polar surface area (TPSA) is 78.4 Å². The van der Waals surface area contributed by atoms with Gasteiger partial charge in [-0.3, -0.25) is 15.0 Å². The molecule has 0 saturated carbocycles. The van der Waals surface area contributed by atoms with Gasteiger partial charge in [-0.15, -0.1) is 0 Å². The molecule has 1 atom stereocenters. The Morgan fingerprint density at radius 3 is 2.59 bits per heavy atom. The molecule has 0 aliphatic rings. The van der Waals surface area contributed by atoms with Crippen LogP contribution in [-0.4, -0.2) is 23.0 Å². The van der Waals surface area contributed by atoms with Crippen LogP contribution >= 0.6 is 11.6 Å². The first-order chi connectivity index (χ1) is 8.00.